The number of nitrogens with one attached hydrogen (secondary N) is 2. The number of nitrogens with zero attached hydrogens (tertiary/aromatic N) is 1. The topological polar surface area (TPSA) is 71.1 Å². The van der Waals surface area contributed by atoms with Crippen LogP contribution in [0, 0.1) is 0 Å². The van der Waals surface area contributed by atoms with Crippen molar-refractivity contribution in [3.05, 3.63) is 40.4 Å². The van der Waals surface area contributed by atoms with Gasteiger partial charge in [0.25, 0.3) is 5.91 Å². The highest BCUT2D eigenvalue weighted by Crippen LogP contribution is 2.30. The molecule has 2 aromatic rings. The fourth-order valence-corrected chi connectivity index (χ4v) is 4.29. The third kappa shape index (κ3) is 4.07. The molecule has 0 radical (unpaired) electrons. The molecule has 1 aliphatic rings. The number of rotatable bonds is 5. The van der Waals surface area contributed by atoms with Gasteiger partial charge in [0.2, 0.25) is 5.91 Å². The molecular weight excluding hydrogens is 370 g/mol. The Labute approximate surface area is 162 Å². The van der Waals surface area contributed by atoms with Gasteiger partial charge in [-0.2, -0.15) is 0 Å². The Hall–Kier alpha value is -1.92. The van der Waals surface area contributed by atoms with E-state index in [1.807, 2.05) is 25.1 Å². The first-order valence-electron chi connectivity index (χ1n) is 8.86. The zero-order chi connectivity index (χ0) is 18.6. The Morgan fingerprint density at radius 3 is 2.73 bits per heavy atom. The lowest BCUT2D eigenvalue weighted by Gasteiger charge is -2.36. The molecule has 1 heterocycles. The van der Waals surface area contributed by atoms with E-state index in [1.165, 1.54) is 11.3 Å². The van der Waals surface area contributed by atoms with E-state index in [9.17, 15) is 9.59 Å². The van der Waals surface area contributed by atoms with Crippen LogP contribution in [-0.2, 0) is 4.79 Å². The van der Waals surface area contributed by atoms with Gasteiger partial charge < -0.3 is 10.6 Å². The number of likely N-dealkylation sites (N-methyl/N-ethyl adjacent to an activating group) is 1. The molecule has 0 unspecified atom stereocenters. The highest BCUT2D eigenvalue weighted by molar-refractivity contribution is 7.13. The molecule has 3 rings (SSSR count). The molecular formula is C19H22ClN3O2S. The van der Waals surface area contributed by atoms with Gasteiger partial charge in [-0.05, 0) is 31.9 Å². The largest absolute Gasteiger partial charge is 0.354 e. The molecule has 1 saturated carbocycles. The van der Waals surface area contributed by atoms with Crippen molar-refractivity contribution in [2.75, 3.05) is 6.54 Å². The molecule has 138 valence electrons. The molecule has 1 aliphatic carbocycles. The Kier molecular flexibility index (Phi) is 5.94. The van der Waals surface area contributed by atoms with E-state index in [0.717, 1.165) is 29.8 Å². The number of thiazole rings is 1. The molecule has 0 aliphatic heterocycles. The molecule has 1 aromatic carbocycles. The highest BCUT2D eigenvalue weighted by Gasteiger charge is 2.41. The van der Waals surface area contributed by atoms with Crippen LogP contribution in [0.3, 0.4) is 0 Å². The van der Waals surface area contributed by atoms with Crippen molar-refractivity contribution in [1.82, 2.24) is 15.6 Å². The van der Waals surface area contributed by atoms with E-state index < -0.39 is 5.54 Å². The zero-order valence-corrected chi connectivity index (χ0v) is 16.3. The summed E-state index contributed by atoms with van der Waals surface area (Å²) in [5.74, 6) is -0.402. The van der Waals surface area contributed by atoms with E-state index in [0.29, 0.717) is 30.1 Å². The van der Waals surface area contributed by atoms with Crippen molar-refractivity contribution in [3.63, 3.8) is 0 Å². The Morgan fingerprint density at radius 2 is 2.04 bits per heavy atom. The molecule has 1 aromatic heterocycles. The fraction of sp³-hybridized carbons (Fsp3) is 0.421. The average Bonchev–Trinajstić information content (AvgIpc) is 3.13. The second kappa shape index (κ2) is 8.18. The minimum atomic E-state index is -0.828. The third-order valence-corrected chi connectivity index (χ3v) is 5.77. The van der Waals surface area contributed by atoms with Gasteiger partial charge in [0, 0.05) is 22.5 Å². The van der Waals surface area contributed by atoms with Gasteiger partial charge >= 0.3 is 0 Å². The summed E-state index contributed by atoms with van der Waals surface area (Å²) in [5.41, 5.74) is 0.377. The number of halogens is 1. The van der Waals surface area contributed by atoms with Crippen molar-refractivity contribution in [2.24, 2.45) is 0 Å². The standard InChI is InChI=1S/C19H22ClN3O2S/c1-2-21-18(25)19(9-4-3-5-10-19)23-16(24)15-12-26-17(22-15)13-7-6-8-14(20)11-13/h6-8,11-12H,2-5,9-10H2,1H3,(H,21,25)(H,23,24). The van der Waals surface area contributed by atoms with Crippen LogP contribution in [0.2, 0.25) is 5.02 Å². The Morgan fingerprint density at radius 1 is 1.27 bits per heavy atom. The Balaban J connectivity index is 1.79. The summed E-state index contributed by atoms with van der Waals surface area (Å²) in [5, 5.41) is 8.92. The number of hydrogen-bond acceptors (Lipinski definition) is 4. The predicted molar refractivity (Wildman–Crippen MR) is 105 cm³/mol. The van der Waals surface area contributed by atoms with Crippen LogP contribution < -0.4 is 10.6 Å². The maximum absolute atomic E-state index is 12.8. The number of carbonyl (C=O) groups is 2. The first kappa shape index (κ1) is 18.9. The molecule has 26 heavy (non-hydrogen) atoms. The maximum atomic E-state index is 12.8. The summed E-state index contributed by atoms with van der Waals surface area (Å²) < 4.78 is 0. The van der Waals surface area contributed by atoms with Gasteiger partial charge in [-0.25, -0.2) is 4.98 Å². The van der Waals surface area contributed by atoms with Crippen LogP contribution in [0.25, 0.3) is 10.6 Å². The second-order valence-electron chi connectivity index (χ2n) is 6.50. The molecule has 5 nitrogen and oxygen atoms in total. The molecule has 1 fully saturated rings. The minimum absolute atomic E-state index is 0.0988. The van der Waals surface area contributed by atoms with E-state index in [-0.39, 0.29) is 11.8 Å². The van der Waals surface area contributed by atoms with Crippen molar-refractivity contribution in [1.29, 1.82) is 0 Å². The van der Waals surface area contributed by atoms with E-state index in [2.05, 4.69) is 15.6 Å². The number of hydrogen-bond donors (Lipinski definition) is 2. The molecule has 2 amide bonds. The molecule has 0 spiro atoms. The highest BCUT2D eigenvalue weighted by atomic mass is 35.5. The molecule has 0 atom stereocenters. The van der Waals surface area contributed by atoms with Crippen LogP contribution in [0.5, 0.6) is 0 Å². The summed E-state index contributed by atoms with van der Waals surface area (Å²) in [6.45, 7) is 2.43. The average molecular weight is 392 g/mol. The van der Waals surface area contributed by atoms with Crippen LogP contribution in [0.15, 0.2) is 29.6 Å². The lowest BCUT2D eigenvalue weighted by Crippen LogP contribution is -2.59. The van der Waals surface area contributed by atoms with E-state index >= 15 is 0 Å². The van der Waals surface area contributed by atoms with Crippen molar-refractivity contribution < 1.29 is 9.59 Å². The third-order valence-electron chi connectivity index (χ3n) is 4.64. The zero-order valence-electron chi connectivity index (χ0n) is 14.7. The quantitative estimate of drug-likeness (QED) is 0.808. The lowest BCUT2D eigenvalue weighted by molar-refractivity contribution is -0.128. The Bertz CT molecular complexity index is 800. The molecule has 0 saturated heterocycles. The summed E-state index contributed by atoms with van der Waals surface area (Å²) in [6.07, 6.45) is 4.28. The van der Waals surface area contributed by atoms with Gasteiger partial charge in [0.15, 0.2) is 0 Å². The first-order chi connectivity index (χ1) is 12.5. The molecule has 0 bridgehead atoms. The van der Waals surface area contributed by atoms with Crippen LogP contribution in [-0.4, -0.2) is 28.9 Å². The van der Waals surface area contributed by atoms with E-state index in [4.69, 9.17) is 11.6 Å². The van der Waals surface area contributed by atoms with Crippen LogP contribution >= 0.6 is 22.9 Å². The van der Waals surface area contributed by atoms with Gasteiger partial charge in [0.1, 0.15) is 16.2 Å². The smallest absolute Gasteiger partial charge is 0.271 e. The van der Waals surface area contributed by atoms with Crippen molar-refractivity contribution in [3.8, 4) is 10.6 Å². The van der Waals surface area contributed by atoms with Gasteiger partial charge in [-0.3, -0.25) is 9.59 Å². The number of aromatic nitrogens is 1. The minimum Gasteiger partial charge on any atom is -0.354 e. The number of carbonyl (C=O) groups excluding carboxylic acids is 2. The second-order valence-corrected chi connectivity index (χ2v) is 7.80. The maximum Gasteiger partial charge on any atom is 0.271 e. The monoisotopic (exact) mass is 391 g/mol. The van der Waals surface area contributed by atoms with Crippen LogP contribution in [0.1, 0.15) is 49.5 Å². The summed E-state index contributed by atoms with van der Waals surface area (Å²) in [4.78, 5) is 29.8. The van der Waals surface area contributed by atoms with E-state index in [1.54, 1.807) is 11.4 Å². The predicted octanol–water partition coefficient (Wildman–Crippen LogP) is 4.03. The molecule has 2 N–H and O–H groups in total. The number of benzene rings is 1. The van der Waals surface area contributed by atoms with Gasteiger partial charge in [-0.15, -0.1) is 11.3 Å². The summed E-state index contributed by atoms with van der Waals surface area (Å²) >= 11 is 7.42. The summed E-state index contributed by atoms with van der Waals surface area (Å²) in [7, 11) is 0. The van der Waals surface area contributed by atoms with Crippen molar-refractivity contribution in [2.45, 2.75) is 44.6 Å². The lowest BCUT2D eigenvalue weighted by atomic mass is 9.80. The summed E-state index contributed by atoms with van der Waals surface area (Å²) in [6, 6.07) is 7.37. The van der Waals surface area contributed by atoms with Gasteiger partial charge in [-0.1, -0.05) is 43.0 Å². The van der Waals surface area contributed by atoms with Crippen LogP contribution in [0.4, 0.5) is 0 Å². The van der Waals surface area contributed by atoms with Crippen molar-refractivity contribution >= 4 is 34.8 Å². The fourth-order valence-electron chi connectivity index (χ4n) is 3.31. The number of amides is 2. The normalized spacial score (nSPS) is 16.1. The van der Waals surface area contributed by atoms with Gasteiger partial charge in [0.05, 0.1) is 0 Å². The SMILES string of the molecule is CCNC(=O)C1(NC(=O)c2csc(-c3cccc(Cl)c3)n2)CCCCC1. The first-order valence-corrected chi connectivity index (χ1v) is 10.1. The molecule has 7 heteroatoms.